The average molecular weight is 1090 g/mol. The van der Waals surface area contributed by atoms with Crippen molar-refractivity contribution in [3.05, 3.63) is 0 Å². The van der Waals surface area contributed by atoms with Gasteiger partial charge in [0.05, 0.1) is 85.5 Å². The van der Waals surface area contributed by atoms with Crippen LogP contribution in [0.15, 0.2) is 0 Å². The summed E-state index contributed by atoms with van der Waals surface area (Å²) >= 11 is 0. The zero-order valence-corrected chi connectivity index (χ0v) is 51.9. The van der Waals surface area contributed by atoms with Gasteiger partial charge in [0.25, 0.3) is 0 Å². The van der Waals surface area contributed by atoms with Crippen LogP contribution in [0, 0.1) is 82.9 Å². The number of hydrogen-bond acceptors (Lipinski definition) is 14. The highest BCUT2D eigenvalue weighted by Gasteiger charge is 2.56. The van der Waals surface area contributed by atoms with Gasteiger partial charge < -0.3 is 66.3 Å². The molecule has 0 aliphatic carbocycles. The zero-order valence-electron chi connectivity index (χ0n) is 51.9. The van der Waals surface area contributed by atoms with Gasteiger partial charge in [-0.2, -0.15) is 0 Å². The standard InChI is InChI=1S/C63H112O14/c1-22-43-50-29(8)36(15)57(64-43)72-51-31(10)38(17)59(66-44(51)23-2)74-53-33(12)40(19)61(68-46(53)25-4)76-55-35(14)42(21)63(70-48(55)27-6)77-56-34(13)41(20)62(69-49(56)28-7)75-54-32(11)39(18)60(67-47(54)26-5)73-52-30(9)37(16)58(71-50)65-45(52)24-3/h29-63H,22-28H2,1-21H3/t29-,30-,31-,32-,33-,34-,35-,36?,37?,38?,39?,40?,41?,42?,43?,44?,45?,46?,47?,48?,49?,50+,51+,52+,53+,54+,55+,56+,57-,58+,59+,60+,61+,62+,63+/m1/s1. The van der Waals surface area contributed by atoms with Gasteiger partial charge in [-0.15, -0.1) is 0 Å². The van der Waals surface area contributed by atoms with Crippen LogP contribution in [0.1, 0.15) is 190 Å². The fourth-order valence-electron chi connectivity index (χ4n) is 14.8. The molecule has 14 nitrogen and oxygen atoms in total. The van der Waals surface area contributed by atoms with Crippen LogP contribution in [-0.4, -0.2) is 129 Å². The Morgan fingerprint density at radius 2 is 0.260 bits per heavy atom. The number of rotatable bonds is 7. The molecule has 0 aromatic rings. The van der Waals surface area contributed by atoms with Crippen LogP contribution in [0.3, 0.4) is 0 Å². The summed E-state index contributed by atoms with van der Waals surface area (Å²) in [5.74, 6) is 1.39. The molecule has 0 radical (unpaired) electrons. The molecule has 0 N–H and O–H groups in total. The summed E-state index contributed by atoms with van der Waals surface area (Å²) in [6.45, 7) is 47.2. The molecule has 21 fully saturated rings. The fraction of sp³-hybridized carbons (Fsp3) is 1.00. The van der Waals surface area contributed by atoms with Gasteiger partial charge in [0.1, 0.15) is 0 Å². The molecule has 21 aliphatic heterocycles. The second-order valence-corrected chi connectivity index (χ2v) is 26.4. The summed E-state index contributed by atoms with van der Waals surface area (Å²) in [5.41, 5.74) is 0. The first kappa shape index (κ1) is 62.5. The van der Waals surface area contributed by atoms with Crippen LogP contribution < -0.4 is 0 Å². The Bertz CT molecular complexity index is 1440. The Kier molecular flexibility index (Phi) is 21.6. The molecule has 77 heavy (non-hydrogen) atoms. The lowest BCUT2D eigenvalue weighted by molar-refractivity contribution is -0.368. The van der Waals surface area contributed by atoms with Crippen LogP contribution in [0.5, 0.6) is 0 Å². The van der Waals surface area contributed by atoms with Crippen LogP contribution in [0.2, 0.25) is 0 Å². The molecule has 35 atom stereocenters. The molecule has 448 valence electrons. The van der Waals surface area contributed by atoms with Crippen LogP contribution in [0.25, 0.3) is 0 Å². The minimum atomic E-state index is -0.415. The molecule has 0 spiro atoms. The molecule has 14 bridgehead atoms. The first-order chi connectivity index (χ1) is 36.7. The highest BCUT2D eigenvalue weighted by atomic mass is 16.8. The summed E-state index contributed by atoms with van der Waals surface area (Å²) < 4.78 is 99.4. The van der Waals surface area contributed by atoms with Crippen molar-refractivity contribution in [2.24, 2.45) is 82.9 Å². The molecule has 21 heterocycles. The first-order valence-corrected chi connectivity index (χ1v) is 31.8. The molecule has 21 aliphatic rings. The van der Waals surface area contributed by atoms with Crippen molar-refractivity contribution < 1.29 is 66.3 Å². The number of ether oxygens (including phenoxy) is 14. The van der Waals surface area contributed by atoms with Crippen molar-refractivity contribution in [3.8, 4) is 0 Å². The quantitative estimate of drug-likeness (QED) is 0.240. The maximum Gasteiger partial charge on any atom is 0.161 e. The van der Waals surface area contributed by atoms with Crippen molar-refractivity contribution in [2.75, 3.05) is 0 Å². The smallest absolute Gasteiger partial charge is 0.161 e. The third kappa shape index (κ3) is 12.4. The predicted octanol–water partition coefficient (Wildman–Crippen LogP) is 12.5. The van der Waals surface area contributed by atoms with E-state index in [1.165, 1.54) is 0 Å². The predicted molar refractivity (Wildman–Crippen MR) is 295 cm³/mol. The monoisotopic (exact) mass is 1090 g/mol. The summed E-state index contributed by atoms with van der Waals surface area (Å²) in [6, 6.07) is 0. The molecule has 0 aromatic heterocycles. The molecule has 21 rings (SSSR count). The molecule has 0 saturated carbocycles. The molecule has 14 heteroatoms. The summed E-state index contributed by atoms with van der Waals surface area (Å²) in [5, 5.41) is 0. The van der Waals surface area contributed by atoms with E-state index in [-0.39, 0.29) is 168 Å². The maximum absolute atomic E-state index is 7.19. The van der Waals surface area contributed by atoms with Gasteiger partial charge in [0, 0.05) is 41.4 Å². The van der Waals surface area contributed by atoms with Crippen molar-refractivity contribution in [3.63, 3.8) is 0 Å². The van der Waals surface area contributed by atoms with Crippen molar-refractivity contribution in [2.45, 2.75) is 320 Å². The second-order valence-electron chi connectivity index (χ2n) is 26.4. The molecule has 0 amide bonds. The van der Waals surface area contributed by atoms with Gasteiger partial charge >= 0.3 is 0 Å². The highest BCUT2D eigenvalue weighted by Crippen LogP contribution is 2.48. The molecule has 21 saturated heterocycles. The Balaban J connectivity index is 1.08. The lowest BCUT2D eigenvalue weighted by atomic mass is 9.80. The van der Waals surface area contributed by atoms with Gasteiger partial charge in [-0.1, -0.05) is 145 Å². The zero-order chi connectivity index (χ0) is 56.1. The van der Waals surface area contributed by atoms with Gasteiger partial charge in [-0.3, -0.25) is 0 Å². The molecule has 0 aromatic carbocycles. The minimum absolute atomic E-state index is 0.0573. The van der Waals surface area contributed by atoms with E-state index in [1.54, 1.807) is 0 Å². The van der Waals surface area contributed by atoms with Gasteiger partial charge in [0.15, 0.2) is 44.0 Å². The lowest BCUT2D eigenvalue weighted by Gasteiger charge is -2.52. The van der Waals surface area contributed by atoms with E-state index in [0.29, 0.717) is 0 Å². The minimum Gasteiger partial charge on any atom is -0.346 e. The molecule has 14 unspecified atom stereocenters. The first-order valence-electron chi connectivity index (χ1n) is 31.8. The van der Waals surface area contributed by atoms with Gasteiger partial charge in [-0.05, 0) is 86.4 Å². The molecular weight excluding hydrogens is 981 g/mol. The normalized spacial score (nSPS) is 55.4. The average Bonchev–Trinajstić information content (AvgIpc) is 3.47. The van der Waals surface area contributed by atoms with Crippen LogP contribution in [-0.2, 0) is 66.3 Å². The molecular formula is C63H112O14. The highest BCUT2D eigenvalue weighted by molar-refractivity contribution is 4.97. The topological polar surface area (TPSA) is 129 Å². The van der Waals surface area contributed by atoms with Crippen LogP contribution in [0.4, 0.5) is 0 Å². The van der Waals surface area contributed by atoms with Gasteiger partial charge in [-0.25, -0.2) is 0 Å². The summed E-state index contributed by atoms with van der Waals surface area (Å²) in [6.07, 6.45) is 0.183. The third-order valence-electron chi connectivity index (χ3n) is 22.0. The van der Waals surface area contributed by atoms with E-state index >= 15 is 0 Å². The Morgan fingerprint density at radius 3 is 0.351 bits per heavy atom. The summed E-state index contributed by atoms with van der Waals surface area (Å²) in [4.78, 5) is 0. The Hall–Kier alpha value is -0.560. The van der Waals surface area contributed by atoms with E-state index in [0.717, 1.165) is 44.9 Å². The van der Waals surface area contributed by atoms with Crippen LogP contribution >= 0.6 is 0 Å². The fourth-order valence-corrected chi connectivity index (χ4v) is 14.8. The van der Waals surface area contributed by atoms with Crippen molar-refractivity contribution >= 4 is 0 Å². The van der Waals surface area contributed by atoms with Crippen molar-refractivity contribution in [1.29, 1.82) is 0 Å². The van der Waals surface area contributed by atoms with E-state index in [1.807, 2.05) is 0 Å². The van der Waals surface area contributed by atoms with E-state index in [4.69, 9.17) is 66.3 Å². The maximum atomic E-state index is 7.19. The second kappa shape index (κ2) is 26.6. The lowest BCUT2D eigenvalue weighted by Crippen LogP contribution is -2.60. The van der Waals surface area contributed by atoms with Crippen molar-refractivity contribution in [1.82, 2.24) is 0 Å². The van der Waals surface area contributed by atoms with E-state index < -0.39 is 44.0 Å². The SMILES string of the molecule is CCC1O[C@@H]2O[C@@H]3C(CC)O[C@@H](O[C@@H]4C(CC)O[C@@H](O[C@@H]5C(CC)O[C@@H](O[C@@H]6C(CC)O[C@@H](O[C@@H]7C(CC)O[C@@H](O[C@@H]8C(CC)O[C@@H](O[C@H]1[C@H](C)C2C)C(C)[C@H]8C)C(C)[C@H]7C)C(C)[C@H]6C)C(C)[C@H]5C)C(C)[C@H]4C)C(C)[C@H]3C. The third-order valence-corrected chi connectivity index (χ3v) is 22.0. The van der Waals surface area contributed by atoms with Gasteiger partial charge in [0.2, 0.25) is 0 Å². The Labute approximate surface area is 467 Å². The number of hydrogen-bond donors (Lipinski definition) is 0. The summed E-state index contributed by atoms with van der Waals surface area (Å²) in [7, 11) is 0. The van der Waals surface area contributed by atoms with E-state index in [2.05, 4.69) is 145 Å². The largest absolute Gasteiger partial charge is 0.346 e. The Morgan fingerprint density at radius 1 is 0.156 bits per heavy atom. The van der Waals surface area contributed by atoms with E-state index in [9.17, 15) is 0 Å².